The molecule has 1 aromatic carbocycles. The Balaban J connectivity index is 1.82. The fourth-order valence-corrected chi connectivity index (χ4v) is 3.43. The number of aromatic amines is 1. The molecule has 1 aliphatic rings. The summed E-state index contributed by atoms with van der Waals surface area (Å²) >= 11 is 0. The van der Waals surface area contributed by atoms with Crippen LogP contribution in [0.5, 0.6) is 0 Å². The highest BCUT2D eigenvalue weighted by atomic mass is 19.1. The van der Waals surface area contributed by atoms with Crippen LogP contribution in [0.2, 0.25) is 0 Å². The molecule has 1 saturated heterocycles. The standard InChI is InChI=1S/C18H22FN3O/c1-3-15-11-16(21-20-15)17(23)22-9-5-8-18(22,2)12-13-6-4-7-14(19)10-13/h4,6-7,10-11H,3,5,8-9,12H2,1-2H3,(H,20,21). The summed E-state index contributed by atoms with van der Waals surface area (Å²) in [5.74, 6) is -0.279. The largest absolute Gasteiger partial charge is 0.332 e. The molecule has 1 atom stereocenters. The summed E-state index contributed by atoms with van der Waals surface area (Å²) in [6.45, 7) is 4.82. The predicted molar refractivity (Wildman–Crippen MR) is 86.7 cm³/mol. The van der Waals surface area contributed by atoms with Crippen LogP contribution in [0.4, 0.5) is 4.39 Å². The lowest BCUT2D eigenvalue weighted by molar-refractivity contribution is 0.0618. The minimum Gasteiger partial charge on any atom is -0.332 e. The molecule has 1 N–H and O–H groups in total. The Morgan fingerprint density at radius 3 is 2.96 bits per heavy atom. The fourth-order valence-electron chi connectivity index (χ4n) is 3.43. The van der Waals surface area contributed by atoms with E-state index in [0.717, 1.165) is 37.1 Å². The summed E-state index contributed by atoms with van der Waals surface area (Å²) in [7, 11) is 0. The lowest BCUT2D eigenvalue weighted by atomic mass is 9.90. The van der Waals surface area contributed by atoms with E-state index in [1.165, 1.54) is 6.07 Å². The van der Waals surface area contributed by atoms with Gasteiger partial charge in [-0.1, -0.05) is 19.1 Å². The number of nitrogens with zero attached hydrogens (tertiary/aromatic N) is 2. The number of rotatable bonds is 4. The molecule has 2 aromatic rings. The molecule has 1 fully saturated rings. The molecule has 5 heteroatoms. The molecule has 0 radical (unpaired) electrons. The van der Waals surface area contributed by atoms with Gasteiger partial charge in [0, 0.05) is 17.8 Å². The van der Waals surface area contributed by atoms with Gasteiger partial charge in [0.2, 0.25) is 0 Å². The van der Waals surface area contributed by atoms with E-state index in [-0.39, 0.29) is 17.3 Å². The summed E-state index contributed by atoms with van der Waals surface area (Å²) in [4.78, 5) is 14.7. The van der Waals surface area contributed by atoms with E-state index < -0.39 is 0 Å². The first-order valence-corrected chi connectivity index (χ1v) is 8.12. The minimum atomic E-state index is -0.295. The SMILES string of the molecule is CCc1cc(C(=O)N2CCCC2(C)Cc2cccc(F)c2)n[nH]1. The Hall–Kier alpha value is -2.17. The van der Waals surface area contributed by atoms with E-state index in [1.807, 2.05) is 24.0 Å². The smallest absolute Gasteiger partial charge is 0.274 e. The molecule has 0 saturated carbocycles. The number of hydrogen-bond acceptors (Lipinski definition) is 2. The number of carbonyl (C=O) groups excluding carboxylic acids is 1. The summed E-state index contributed by atoms with van der Waals surface area (Å²) in [6, 6.07) is 8.45. The second kappa shape index (κ2) is 6.14. The average Bonchev–Trinajstić information content (AvgIpc) is 3.13. The van der Waals surface area contributed by atoms with Crippen molar-refractivity contribution in [2.24, 2.45) is 0 Å². The minimum absolute atomic E-state index is 0.0441. The number of benzene rings is 1. The summed E-state index contributed by atoms with van der Waals surface area (Å²) in [5, 5.41) is 7.04. The molecule has 1 aliphatic heterocycles. The van der Waals surface area contributed by atoms with Crippen molar-refractivity contribution in [3.63, 3.8) is 0 Å². The number of hydrogen-bond donors (Lipinski definition) is 1. The highest BCUT2D eigenvalue weighted by Crippen LogP contribution is 2.33. The van der Waals surface area contributed by atoms with Gasteiger partial charge < -0.3 is 4.90 Å². The van der Waals surface area contributed by atoms with Crippen LogP contribution in [0.3, 0.4) is 0 Å². The average molecular weight is 315 g/mol. The van der Waals surface area contributed by atoms with Gasteiger partial charge in [-0.15, -0.1) is 0 Å². The summed E-state index contributed by atoms with van der Waals surface area (Å²) < 4.78 is 13.4. The number of nitrogens with one attached hydrogen (secondary N) is 1. The Labute approximate surface area is 135 Å². The third-order valence-electron chi connectivity index (χ3n) is 4.70. The normalized spacial score (nSPS) is 20.9. The monoisotopic (exact) mass is 315 g/mol. The van der Waals surface area contributed by atoms with E-state index in [0.29, 0.717) is 12.1 Å². The number of aromatic nitrogens is 2. The number of halogens is 1. The molecule has 0 bridgehead atoms. The van der Waals surface area contributed by atoms with Gasteiger partial charge in [0.1, 0.15) is 11.5 Å². The van der Waals surface area contributed by atoms with Gasteiger partial charge in [-0.2, -0.15) is 5.10 Å². The molecule has 1 aromatic heterocycles. The van der Waals surface area contributed by atoms with Gasteiger partial charge in [-0.05, 0) is 56.4 Å². The van der Waals surface area contributed by atoms with E-state index in [2.05, 4.69) is 17.1 Å². The van der Waals surface area contributed by atoms with E-state index in [1.54, 1.807) is 12.1 Å². The first-order valence-electron chi connectivity index (χ1n) is 8.12. The van der Waals surface area contributed by atoms with Gasteiger partial charge >= 0.3 is 0 Å². The van der Waals surface area contributed by atoms with Crippen LogP contribution in [-0.4, -0.2) is 33.1 Å². The highest BCUT2D eigenvalue weighted by Gasteiger charge is 2.40. The molecule has 0 aliphatic carbocycles. The number of likely N-dealkylation sites (tertiary alicyclic amines) is 1. The Kier molecular flexibility index (Phi) is 4.20. The number of aryl methyl sites for hydroxylation is 1. The number of H-pyrrole nitrogens is 1. The second-order valence-corrected chi connectivity index (χ2v) is 6.50. The quantitative estimate of drug-likeness (QED) is 0.940. The van der Waals surface area contributed by atoms with Gasteiger partial charge in [0.15, 0.2) is 0 Å². The van der Waals surface area contributed by atoms with Crippen LogP contribution in [0.15, 0.2) is 30.3 Å². The van der Waals surface area contributed by atoms with Crippen LogP contribution in [-0.2, 0) is 12.8 Å². The molecule has 1 unspecified atom stereocenters. The predicted octanol–water partition coefficient (Wildman–Crippen LogP) is 3.35. The topological polar surface area (TPSA) is 49.0 Å². The van der Waals surface area contributed by atoms with Crippen LogP contribution in [0, 0.1) is 5.82 Å². The molecule has 2 heterocycles. The fraction of sp³-hybridized carbons (Fsp3) is 0.444. The van der Waals surface area contributed by atoms with Crippen molar-refractivity contribution in [3.05, 3.63) is 53.1 Å². The van der Waals surface area contributed by atoms with Crippen LogP contribution in [0.25, 0.3) is 0 Å². The van der Waals surface area contributed by atoms with Crippen molar-refractivity contribution in [1.29, 1.82) is 0 Å². The zero-order valence-corrected chi connectivity index (χ0v) is 13.6. The van der Waals surface area contributed by atoms with Crippen LogP contribution >= 0.6 is 0 Å². The molecule has 0 spiro atoms. The van der Waals surface area contributed by atoms with Crippen molar-refractivity contribution < 1.29 is 9.18 Å². The van der Waals surface area contributed by atoms with Gasteiger partial charge in [0.25, 0.3) is 5.91 Å². The third-order valence-corrected chi connectivity index (χ3v) is 4.70. The van der Waals surface area contributed by atoms with Crippen LogP contribution in [0.1, 0.15) is 48.4 Å². The second-order valence-electron chi connectivity index (χ2n) is 6.50. The van der Waals surface area contributed by atoms with Crippen molar-refractivity contribution in [2.45, 2.75) is 45.1 Å². The number of carbonyl (C=O) groups is 1. The lowest BCUT2D eigenvalue weighted by Gasteiger charge is -2.35. The highest BCUT2D eigenvalue weighted by molar-refractivity contribution is 5.93. The zero-order valence-electron chi connectivity index (χ0n) is 13.6. The molecule has 1 amide bonds. The lowest BCUT2D eigenvalue weighted by Crippen LogP contribution is -2.46. The Morgan fingerprint density at radius 1 is 1.43 bits per heavy atom. The maximum atomic E-state index is 13.4. The van der Waals surface area contributed by atoms with Crippen molar-refractivity contribution in [2.75, 3.05) is 6.54 Å². The van der Waals surface area contributed by atoms with Crippen LogP contribution < -0.4 is 0 Å². The molecule has 122 valence electrons. The van der Waals surface area contributed by atoms with Crippen molar-refractivity contribution >= 4 is 5.91 Å². The van der Waals surface area contributed by atoms with Gasteiger partial charge in [-0.3, -0.25) is 9.89 Å². The van der Waals surface area contributed by atoms with E-state index >= 15 is 0 Å². The molecule has 3 rings (SSSR count). The summed E-state index contributed by atoms with van der Waals surface area (Å²) in [5.41, 5.74) is 2.05. The Bertz CT molecular complexity index is 712. The maximum Gasteiger partial charge on any atom is 0.274 e. The molecule has 4 nitrogen and oxygen atoms in total. The first kappa shape index (κ1) is 15.7. The van der Waals surface area contributed by atoms with E-state index in [4.69, 9.17) is 0 Å². The van der Waals surface area contributed by atoms with E-state index in [9.17, 15) is 9.18 Å². The Morgan fingerprint density at radius 2 is 2.26 bits per heavy atom. The molecular formula is C18H22FN3O. The van der Waals surface area contributed by atoms with Gasteiger partial charge in [0.05, 0.1) is 0 Å². The molecule has 23 heavy (non-hydrogen) atoms. The number of amides is 1. The zero-order chi connectivity index (χ0) is 16.4. The van der Waals surface area contributed by atoms with Gasteiger partial charge in [-0.25, -0.2) is 4.39 Å². The third kappa shape index (κ3) is 3.14. The van der Waals surface area contributed by atoms with Crippen molar-refractivity contribution in [1.82, 2.24) is 15.1 Å². The first-order chi connectivity index (χ1) is 11.0. The molecular weight excluding hydrogens is 293 g/mol. The maximum absolute atomic E-state index is 13.4. The van der Waals surface area contributed by atoms with Crippen molar-refractivity contribution in [3.8, 4) is 0 Å². The summed E-state index contributed by atoms with van der Waals surface area (Å²) in [6.07, 6.45) is 3.35.